The average molecular weight is 729 g/mol. The summed E-state index contributed by atoms with van der Waals surface area (Å²) in [5, 5.41) is 41.1. The maximum atomic E-state index is 10.2. The van der Waals surface area contributed by atoms with E-state index in [-0.39, 0.29) is 0 Å². The zero-order valence-corrected chi connectivity index (χ0v) is 30.6. The van der Waals surface area contributed by atoms with Gasteiger partial charge < -0.3 is 0 Å². The first-order valence-electron chi connectivity index (χ1n) is 19.0. The highest BCUT2D eigenvalue weighted by molar-refractivity contribution is 6.29. The summed E-state index contributed by atoms with van der Waals surface area (Å²) < 4.78 is 0. The lowest BCUT2D eigenvalue weighted by molar-refractivity contribution is 1.43. The molecule has 0 heterocycles. The highest BCUT2D eigenvalue weighted by atomic mass is 14.6. The Morgan fingerprint density at radius 2 is 0.724 bits per heavy atom. The molecule has 0 saturated heterocycles. The first-order chi connectivity index (χ1) is 28.6. The van der Waals surface area contributed by atoms with E-state index >= 15 is 0 Å². The van der Waals surface area contributed by atoms with Gasteiger partial charge in [0.15, 0.2) is 0 Å². The van der Waals surface area contributed by atoms with Crippen LogP contribution in [0.4, 0.5) is 5.69 Å². The van der Waals surface area contributed by atoms with Crippen LogP contribution in [0.5, 0.6) is 0 Å². The molecular formula is C54H24N4. The van der Waals surface area contributed by atoms with E-state index in [1.54, 1.807) is 12.1 Å². The molecule has 0 amide bonds. The standard InChI is InChI=1S/C54H24N4/c1-58-52-19-32(15-17-34(52)27-56)41-21-49-48(51-25-45-39-13-5-9-30-7-3-11-37(54(30)39)43(45)23-47(41)51)20-40(31-14-16-33(26-55)35(18-31)28-57)46-22-42-36-10-2-6-29-8-4-12-38(53(29)36)44(42)24-50(46)49/h2-25H. The Hall–Kier alpha value is -8.54. The highest BCUT2D eigenvalue weighted by Crippen LogP contribution is 2.54. The van der Waals surface area contributed by atoms with Crippen molar-refractivity contribution in [1.29, 1.82) is 15.8 Å². The summed E-state index contributed by atoms with van der Waals surface area (Å²) in [7, 11) is 0. The van der Waals surface area contributed by atoms with Gasteiger partial charge in [0.25, 0.3) is 0 Å². The van der Waals surface area contributed by atoms with E-state index in [4.69, 9.17) is 6.57 Å². The molecule has 10 aromatic rings. The second-order valence-corrected chi connectivity index (χ2v) is 15.2. The fourth-order valence-corrected chi connectivity index (χ4v) is 9.87. The summed E-state index contributed by atoms with van der Waals surface area (Å²) in [6, 6.07) is 57.6. The third-order valence-electron chi connectivity index (χ3n) is 12.4. The smallest absolute Gasteiger partial charge is 0.205 e. The number of fused-ring (bicyclic) bond motifs is 11. The molecule has 2 aliphatic rings. The predicted molar refractivity (Wildman–Crippen MR) is 234 cm³/mol. The van der Waals surface area contributed by atoms with E-state index in [1.807, 2.05) is 24.3 Å². The third-order valence-corrected chi connectivity index (χ3v) is 12.4. The summed E-state index contributed by atoms with van der Waals surface area (Å²) in [6.07, 6.45) is 0. The number of rotatable bonds is 2. The quantitative estimate of drug-likeness (QED) is 0.131. The molecule has 0 bridgehead atoms. The molecule has 0 fully saturated rings. The van der Waals surface area contributed by atoms with Crippen LogP contribution in [0.2, 0.25) is 0 Å². The molecule has 10 aromatic carbocycles. The van der Waals surface area contributed by atoms with Gasteiger partial charge in [-0.2, -0.15) is 15.8 Å². The second kappa shape index (κ2) is 11.5. The van der Waals surface area contributed by atoms with Crippen molar-refractivity contribution in [2.24, 2.45) is 0 Å². The van der Waals surface area contributed by atoms with E-state index in [1.165, 1.54) is 54.9 Å². The molecule has 0 radical (unpaired) electrons. The SMILES string of the molecule is [C-]#[N+]c1cc(-c2cc3c4cc5c(cc4c(-c4ccc(C#N)c(C#N)c4)cc3c3cc4c(cc23)-c2cccc3cccc-4c23)-c2cccc3cccc-5c23)ccc1C#N. The number of hydrogen-bond donors (Lipinski definition) is 0. The van der Waals surface area contributed by atoms with E-state index in [2.05, 4.69) is 132 Å². The monoisotopic (exact) mass is 728 g/mol. The van der Waals surface area contributed by atoms with Crippen LogP contribution in [-0.4, -0.2) is 0 Å². The van der Waals surface area contributed by atoms with Gasteiger partial charge in [-0.25, -0.2) is 4.85 Å². The summed E-state index contributed by atoms with van der Waals surface area (Å²) in [5.41, 5.74) is 14.5. The maximum absolute atomic E-state index is 10.2. The first kappa shape index (κ1) is 31.8. The Morgan fingerprint density at radius 1 is 0.345 bits per heavy atom. The number of benzene rings is 10. The van der Waals surface area contributed by atoms with E-state index in [0.717, 1.165) is 65.7 Å². The van der Waals surface area contributed by atoms with Crippen LogP contribution < -0.4 is 0 Å². The van der Waals surface area contributed by atoms with Crippen molar-refractivity contribution in [3.63, 3.8) is 0 Å². The van der Waals surface area contributed by atoms with Gasteiger partial charge in [0.2, 0.25) is 5.69 Å². The van der Waals surface area contributed by atoms with Gasteiger partial charge in [0.05, 0.1) is 29.3 Å². The minimum absolute atomic E-state index is 0.324. The van der Waals surface area contributed by atoms with Gasteiger partial charge in [-0.05, 0) is 175 Å². The zero-order valence-electron chi connectivity index (χ0n) is 30.6. The molecule has 0 atom stereocenters. The third kappa shape index (κ3) is 4.13. The largest absolute Gasteiger partial charge is 0.237 e. The fourth-order valence-electron chi connectivity index (χ4n) is 9.87. The van der Waals surface area contributed by atoms with Crippen LogP contribution in [0.3, 0.4) is 0 Å². The van der Waals surface area contributed by atoms with Gasteiger partial charge in [0, 0.05) is 0 Å². The van der Waals surface area contributed by atoms with Gasteiger partial charge in [-0.15, -0.1) is 0 Å². The first-order valence-corrected chi connectivity index (χ1v) is 19.0. The van der Waals surface area contributed by atoms with Crippen LogP contribution in [0.15, 0.2) is 146 Å². The molecule has 2 aliphatic carbocycles. The maximum Gasteiger partial charge on any atom is 0.205 e. The van der Waals surface area contributed by atoms with Crippen molar-refractivity contribution in [3.05, 3.63) is 174 Å². The predicted octanol–water partition coefficient (Wildman–Crippen LogP) is 14.2. The van der Waals surface area contributed by atoms with Gasteiger partial charge in [-0.3, -0.25) is 0 Å². The summed E-state index contributed by atoms with van der Waals surface area (Å²) >= 11 is 0. The van der Waals surface area contributed by atoms with Crippen LogP contribution in [0, 0.1) is 40.6 Å². The lowest BCUT2D eigenvalue weighted by Gasteiger charge is -2.19. The number of nitriles is 3. The Kier molecular flexibility index (Phi) is 6.30. The Balaban J connectivity index is 1.28. The molecule has 4 heteroatoms. The number of hydrogen-bond acceptors (Lipinski definition) is 3. The Labute approximate surface area is 332 Å². The van der Waals surface area contributed by atoms with Crippen molar-refractivity contribution in [2.75, 3.05) is 0 Å². The summed E-state index contributed by atoms with van der Waals surface area (Å²) in [5.74, 6) is 0. The lowest BCUT2D eigenvalue weighted by Crippen LogP contribution is -1.93. The summed E-state index contributed by atoms with van der Waals surface area (Å²) in [4.78, 5) is 3.76. The fraction of sp³-hybridized carbons (Fsp3) is 0. The molecule has 58 heavy (non-hydrogen) atoms. The normalized spacial score (nSPS) is 11.7. The molecule has 0 N–H and O–H groups in total. The summed E-state index contributed by atoms with van der Waals surface area (Å²) in [6.45, 7) is 7.96. The van der Waals surface area contributed by atoms with Crippen LogP contribution >= 0.6 is 0 Å². The lowest BCUT2D eigenvalue weighted by atomic mass is 9.84. The van der Waals surface area contributed by atoms with Crippen LogP contribution in [0.1, 0.15) is 16.7 Å². The van der Waals surface area contributed by atoms with Crippen molar-refractivity contribution < 1.29 is 0 Å². The van der Waals surface area contributed by atoms with Crippen molar-refractivity contribution in [3.8, 4) is 85.0 Å². The van der Waals surface area contributed by atoms with E-state index in [0.29, 0.717) is 22.4 Å². The van der Waals surface area contributed by atoms with Gasteiger partial charge >= 0.3 is 0 Å². The average Bonchev–Trinajstić information content (AvgIpc) is 3.77. The van der Waals surface area contributed by atoms with E-state index in [9.17, 15) is 15.8 Å². The minimum atomic E-state index is 0.324. The zero-order chi connectivity index (χ0) is 38.8. The van der Waals surface area contributed by atoms with Crippen molar-refractivity contribution >= 4 is 59.5 Å². The van der Waals surface area contributed by atoms with Gasteiger partial charge in [-0.1, -0.05) is 91.0 Å². The molecule has 0 unspecified atom stereocenters. The van der Waals surface area contributed by atoms with Crippen molar-refractivity contribution in [1.82, 2.24) is 0 Å². The van der Waals surface area contributed by atoms with Crippen LogP contribution in [0.25, 0.3) is 125 Å². The highest BCUT2D eigenvalue weighted by Gasteiger charge is 2.27. The number of nitrogens with zero attached hydrogens (tertiary/aromatic N) is 4. The Morgan fingerprint density at radius 3 is 1.16 bits per heavy atom. The van der Waals surface area contributed by atoms with Gasteiger partial charge in [0.1, 0.15) is 12.1 Å². The molecule has 0 saturated carbocycles. The molecule has 260 valence electrons. The Bertz CT molecular complexity index is 3520. The second-order valence-electron chi connectivity index (χ2n) is 15.2. The molecule has 0 spiro atoms. The van der Waals surface area contributed by atoms with Crippen molar-refractivity contribution in [2.45, 2.75) is 0 Å². The molecule has 0 aliphatic heterocycles. The van der Waals surface area contributed by atoms with E-state index < -0.39 is 0 Å². The van der Waals surface area contributed by atoms with Crippen LogP contribution in [-0.2, 0) is 0 Å². The molecular weight excluding hydrogens is 705 g/mol. The molecule has 12 rings (SSSR count). The molecule has 0 aromatic heterocycles. The minimum Gasteiger partial charge on any atom is -0.237 e. The molecule has 4 nitrogen and oxygen atoms in total. The topological polar surface area (TPSA) is 75.7 Å².